The van der Waals surface area contributed by atoms with Crippen LogP contribution in [0.15, 0.2) is 12.1 Å². The van der Waals surface area contributed by atoms with Crippen LogP contribution in [0.5, 0.6) is 5.75 Å². The van der Waals surface area contributed by atoms with Gasteiger partial charge < -0.3 is 4.74 Å². The van der Waals surface area contributed by atoms with E-state index in [0.717, 1.165) is 0 Å². The van der Waals surface area contributed by atoms with Gasteiger partial charge in [-0.15, -0.1) is 0 Å². The predicted octanol–water partition coefficient (Wildman–Crippen LogP) is 4.21. The lowest BCUT2D eigenvalue weighted by Gasteiger charge is -2.06. The monoisotopic (exact) mass is 223 g/mol. The summed E-state index contributed by atoms with van der Waals surface area (Å²) in [6, 6.07) is 3.30. The molecule has 0 atom stereocenters. The van der Waals surface area contributed by atoms with Crippen molar-refractivity contribution in [2.75, 3.05) is 0 Å². The zero-order chi connectivity index (χ0) is 9.14. The fourth-order valence-electron chi connectivity index (χ4n) is 0.726. The van der Waals surface area contributed by atoms with Crippen LogP contribution in [-0.2, 0) is 0 Å². The van der Waals surface area contributed by atoms with Crippen molar-refractivity contribution in [3.8, 4) is 5.75 Å². The van der Waals surface area contributed by atoms with Gasteiger partial charge >= 0.3 is 0 Å². The lowest BCUT2D eigenvalue weighted by molar-refractivity contribution is 0.417. The summed E-state index contributed by atoms with van der Waals surface area (Å²) >= 11 is 17.3. The van der Waals surface area contributed by atoms with Gasteiger partial charge in [-0.1, -0.05) is 34.8 Å². The molecule has 0 unspecified atom stereocenters. The van der Waals surface area contributed by atoms with E-state index in [1.807, 2.05) is 0 Å². The lowest BCUT2D eigenvalue weighted by Crippen LogP contribution is -1.86. The highest BCUT2D eigenvalue weighted by Crippen LogP contribution is 2.37. The molecule has 1 rings (SSSR count). The van der Waals surface area contributed by atoms with Crippen LogP contribution < -0.4 is 4.74 Å². The third-order valence-corrected chi connectivity index (χ3v) is 2.52. The molecule has 0 aliphatic carbocycles. The molecule has 0 aliphatic heterocycles. The maximum Gasteiger partial charge on any atom is 0.140 e. The summed E-state index contributed by atoms with van der Waals surface area (Å²) in [4.78, 5) is 0. The van der Waals surface area contributed by atoms with Gasteiger partial charge in [-0.3, -0.25) is 0 Å². The Morgan fingerprint density at radius 3 is 2.42 bits per heavy atom. The highest BCUT2D eigenvalue weighted by molar-refractivity contribution is 6.48. The molecule has 4 heteroatoms. The van der Waals surface area contributed by atoms with Crippen molar-refractivity contribution in [3.63, 3.8) is 0 Å². The molecule has 0 aromatic heterocycles. The SMILES string of the molecule is C[CH]Oc1ccc(Cl)c(Cl)c1Cl. The topological polar surface area (TPSA) is 9.23 Å². The summed E-state index contributed by atoms with van der Waals surface area (Å²) in [6.45, 7) is 3.27. The second kappa shape index (κ2) is 4.22. The molecule has 1 nitrogen and oxygen atoms in total. The van der Waals surface area contributed by atoms with Crippen molar-refractivity contribution >= 4 is 34.8 Å². The molecule has 65 valence electrons. The molecular weight excluding hydrogens is 218 g/mol. The van der Waals surface area contributed by atoms with Crippen molar-refractivity contribution < 1.29 is 4.74 Å². The van der Waals surface area contributed by atoms with Crippen molar-refractivity contribution in [2.24, 2.45) is 0 Å². The van der Waals surface area contributed by atoms with Crippen LogP contribution >= 0.6 is 34.8 Å². The maximum atomic E-state index is 5.82. The minimum absolute atomic E-state index is 0.317. The Hall–Kier alpha value is -0.110. The zero-order valence-electron chi connectivity index (χ0n) is 6.27. The van der Waals surface area contributed by atoms with Crippen LogP contribution in [0.25, 0.3) is 0 Å². The number of hydrogen-bond donors (Lipinski definition) is 0. The van der Waals surface area contributed by atoms with Crippen LogP contribution in [-0.4, -0.2) is 0 Å². The first-order valence-corrected chi connectivity index (χ1v) is 4.38. The first kappa shape index (κ1) is 9.97. The summed E-state index contributed by atoms with van der Waals surface area (Å²) in [5.74, 6) is 0.508. The first-order valence-electron chi connectivity index (χ1n) is 3.24. The second-order valence-corrected chi connectivity index (χ2v) is 3.19. The molecule has 0 spiro atoms. The molecule has 0 heterocycles. The summed E-state index contributed by atoms with van der Waals surface area (Å²) < 4.78 is 5.07. The van der Waals surface area contributed by atoms with Gasteiger partial charge in [-0.2, -0.15) is 0 Å². The summed E-state index contributed by atoms with van der Waals surface area (Å²) in [6.07, 6.45) is 0. The van der Waals surface area contributed by atoms with E-state index in [9.17, 15) is 0 Å². The number of halogens is 3. The summed E-state index contributed by atoms with van der Waals surface area (Å²) in [7, 11) is 0. The van der Waals surface area contributed by atoms with E-state index in [2.05, 4.69) is 0 Å². The van der Waals surface area contributed by atoms with Gasteiger partial charge in [0, 0.05) is 0 Å². The molecule has 1 aromatic carbocycles. The van der Waals surface area contributed by atoms with Gasteiger partial charge in [0.25, 0.3) is 0 Å². The van der Waals surface area contributed by atoms with Gasteiger partial charge in [0.05, 0.1) is 10.0 Å². The molecular formula is C8H6Cl3O. The highest BCUT2D eigenvalue weighted by Gasteiger charge is 2.08. The Morgan fingerprint density at radius 1 is 1.17 bits per heavy atom. The molecule has 0 aliphatic rings. The smallest absolute Gasteiger partial charge is 0.140 e. The third kappa shape index (κ3) is 1.98. The molecule has 1 radical (unpaired) electrons. The Kier molecular flexibility index (Phi) is 3.51. The van der Waals surface area contributed by atoms with E-state index in [1.165, 1.54) is 6.61 Å². The van der Waals surface area contributed by atoms with E-state index in [1.54, 1.807) is 19.1 Å². The Balaban J connectivity index is 3.08. The molecule has 1 aromatic rings. The Morgan fingerprint density at radius 2 is 1.83 bits per heavy atom. The predicted molar refractivity (Wildman–Crippen MR) is 52.1 cm³/mol. The largest absolute Gasteiger partial charge is 0.485 e. The third-order valence-electron chi connectivity index (χ3n) is 1.24. The van der Waals surface area contributed by atoms with Crippen LogP contribution in [0.1, 0.15) is 6.92 Å². The van der Waals surface area contributed by atoms with E-state index < -0.39 is 0 Å². The van der Waals surface area contributed by atoms with Gasteiger partial charge in [0.15, 0.2) is 0 Å². The van der Waals surface area contributed by atoms with Gasteiger partial charge in [0.2, 0.25) is 0 Å². The van der Waals surface area contributed by atoms with Gasteiger partial charge in [0.1, 0.15) is 17.4 Å². The quantitative estimate of drug-likeness (QED) is 0.684. The van der Waals surface area contributed by atoms with Crippen molar-refractivity contribution in [1.82, 2.24) is 0 Å². The molecule has 0 saturated heterocycles. The number of rotatable bonds is 2. The summed E-state index contributed by atoms with van der Waals surface area (Å²) in [5, 5.41) is 1.07. The van der Waals surface area contributed by atoms with E-state index in [0.29, 0.717) is 20.8 Å². The second-order valence-electron chi connectivity index (χ2n) is 2.03. The normalized spacial score (nSPS) is 10.0. The Labute approximate surface area is 86.2 Å². The average molecular weight is 224 g/mol. The minimum Gasteiger partial charge on any atom is -0.485 e. The highest BCUT2D eigenvalue weighted by atomic mass is 35.5. The number of benzene rings is 1. The lowest BCUT2D eigenvalue weighted by atomic mass is 10.3. The number of ether oxygens (including phenoxy) is 1. The fraction of sp³-hybridized carbons (Fsp3) is 0.125. The van der Waals surface area contributed by atoms with Crippen LogP contribution in [0, 0.1) is 6.61 Å². The number of hydrogen-bond acceptors (Lipinski definition) is 1. The van der Waals surface area contributed by atoms with Gasteiger partial charge in [-0.05, 0) is 19.1 Å². The van der Waals surface area contributed by atoms with Crippen molar-refractivity contribution in [3.05, 3.63) is 33.8 Å². The zero-order valence-corrected chi connectivity index (χ0v) is 8.54. The van der Waals surface area contributed by atoms with Crippen LogP contribution in [0.2, 0.25) is 15.1 Å². The van der Waals surface area contributed by atoms with Crippen molar-refractivity contribution in [2.45, 2.75) is 6.92 Å². The van der Waals surface area contributed by atoms with Gasteiger partial charge in [-0.25, -0.2) is 0 Å². The van der Waals surface area contributed by atoms with E-state index in [-0.39, 0.29) is 0 Å². The van der Waals surface area contributed by atoms with Crippen LogP contribution in [0.4, 0.5) is 0 Å². The average Bonchev–Trinajstić information content (AvgIpc) is 2.07. The molecule has 0 saturated carbocycles. The van der Waals surface area contributed by atoms with E-state index in [4.69, 9.17) is 39.5 Å². The molecule has 12 heavy (non-hydrogen) atoms. The fourth-order valence-corrected chi connectivity index (χ4v) is 1.30. The summed E-state index contributed by atoms with van der Waals surface area (Å²) in [5.41, 5.74) is 0. The molecule has 0 fully saturated rings. The Bertz CT molecular complexity index is 286. The molecule has 0 N–H and O–H groups in total. The van der Waals surface area contributed by atoms with Crippen molar-refractivity contribution in [1.29, 1.82) is 0 Å². The maximum absolute atomic E-state index is 5.82. The van der Waals surface area contributed by atoms with E-state index >= 15 is 0 Å². The molecule has 0 bridgehead atoms. The first-order chi connectivity index (χ1) is 5.66. The standard InChI is InChI=1S/C8H6Cl3O/c1-2-12-6-4-3-5(9)7(10)8(6)11/h2-4H,1H3. The molecule has 0 amide bonds. The van der Waals surface area contributed by atoms with Crippen LogP contribution in [0.3, 0.4) is 0 Å². The minimum atomic E-state index is 0.317.